The Balaban J connectivity index is 1.56. The highest BCUT2D eigenvalue weighted by molar-refractivity contribution is 5.96. The first kappa shape index (κ1) is 18.6. The average molecular weight is 392 g/mol. The maximum Gasteiger partial charge on any atom is 0.332 e. The molecule has 3 aromatic heterocycles. The fraction of sp³-hybridized carbons (Fsp3) is 0.250. The molecule has 9 heteroatoms. The predicted molar refractivity (Wildman–Crippen MR) is 109 cm³/mol. The van der Waals surface area contributed by atoms with Gasteiger partial charge in [0.15, 0.2) is 0 Å². The Morgan fingerprint density at radius 1 is 1.14 bits per heavy atom. The van der Waals surface area contributed by atoms with E-state index in [9.17, 15) is 14.4 Å². The molecule has 1 aromatic carbocycles. The van der Waals surface area contributed by atoms with E-state index in [0.29, 0.717) is 13.1 Å². The molecule has 0 fully saturated rings. The molecule has 9 nitrogen and oxygen atoms in total. The zero-order valence-electron chi connectivity index (χ0n) is 16.3. The molecule has 3 heterocycles. The molecule has 0 aliphatic rings. The smallest absolute Gasteiger partial charge is 0.332 e. The average Bonchev–Trinajstić information content (AvgIpc) is 3.05. The highest BCUT2D eigenvalue weighted by Gasteiger charge is 2.14. The van der Waals surface area contributed by atoms with Gasteiger partial charge in [0.1, 0.15) is 11.5 Å². The lowest BCUT2D eigenvalue weighted by Gasteiger charge is -2.10. The summed E-state index contributed by atoms with van der Waals surface area (Å²) in [5, 5.41) is 3.07. The molecule has 4 rings (SSSR count). The lowest BCUT2D eigenvalue weighted by Crippen LogP contribution is -2.37. The monoisotopic (exact) mass is 392 g/mol. The van der Waals surface area contributed by atoms with E-state index in [1.54, 1.807) is 0 Å². The molecule has 0 saturated heterocycles. The molecule has 29 heavy (non-hydrogen) atoms. The Bertz CT molecular complexity index is 1380. The number of fused-ring (bicyclic) bond motifs is 2. The second-order valence-electron chi connectivity index (χ2n) is 6.86. The van der Waals surface area contributed by atoms with Gasteiger partial charge in [-0.1, -0.05) is 12.1 Å². The van der Waals surface area contributed by atoms with Crippen molar-refractivity contribution >= 4 is 28.0 Å². The maximum atomic E-state index is 12.6. The van der Waals surface area contributed by atoms with Crippen molar-refractivity contribution in [1.29, 1.82) is 0 Å². The Hall–Kier alpha value is -3.75. The Labute approximate surface area is 165 Å². The first-order valence-electron chi connectivity index (χ1n) is 9.14. The number of carbonyl (C=O) groups excluding carboxylic acids is 1. The fourth-order valence-electron chi connectivity index (χ4n) is 3.45. The van der Waals surface area contributed by atoms with Gasteiger partial charge in [0.25, 0.3) is 11.5 Å². The van der Waals surface area contributed by atoms with E-state index >= 15 is 0 Å². The first-order valence-corrected chi connectivity index (χ1v) is 9.14. The second kappa shape index (κ2) is 7.01. The van der Waals surface area contributed by atoms with E-state index in [4.69, 9.17) is 0 Å². The lowest BCUT2D eigenvalue weighted by molar-refractivity contribution is 0.0952. The SMILES string of the molecule is Cc1nc2ccccc2n1CCNC(=O)c1cnc2c(c1)c(=O)n(C)c(=O)n2C. The molecule has 0 atom stereocenters. The minimum atomic E-state index is -0.481. The van der Waals surface area contributed by atoms with Crippen LogP contribution in [0.1, 0.15) is 16.2 Å². The van der Waals surface area contributed by atoms with Gasteiger partial charge in [-0.15, -0.1) is 0 Å². The number of hydrogen-bond donors (Lipinski definition) is 1. The number of benzene rings is 1. The number of aromatic nitrogens is 5. The zero-order chi connectivity index (χ0) is 20.7. The van der Waals surface area contributed by atoms with Crippen molar-refractivity contribution in [2.75, 3.05) is 6.54 Å². The summed E-state index contributed by atoms with van der Waals surface area (Å²) in [6, 6.07) is 9.30. The van der Waals surface area contributed by atoms with Crippen LogP contribution in [0.5, 0.6) is 0 Å². The summed E-state index contributed by atoms with van der Waals surface area (Å²) in [5.41, 5.74) is 1.49. The Morgan fingerprint density at radius 3 is 2.69 bits per heavy atom. The Kier molecular flexibility index (Phi) is 4.50. The van der Waals surface area contributed by atoms with Gasteiger partial charge in [0.05, 0.1) is 22.0 Å². The molecule has 0 aliphatic heterocycles. The van der Waals surface area contributed by atoms with Gasteiger partial charge in [0.2, 0.25) is 0 Å². The molecule has 0 aliphatic carbocycles. The first-order chi connectivity index (χ1) is 13.9. The minimum absolute atomic E-state index is 0.221. The number of hydrogen-bond acceptors (Lipinski definition) is 5. The van der Waals surface area contributed by atoms with Crippen LogP contribution in [0.25, 0.3) is 22.1 Å². The van der Waals surface area contributed by atoms with Crippen LogP contribution in [0.15, 0.2) is 46.1 Å². The van der Waals surface area contributed by atoms with E-state index in [1.807, 2.05) is 35.8 Å². The van der Waals surface area contributed by atoms with Gasteiger partial charge >= 0.3 is 5.69 Å². The fourth-order valence-corrected chi connectivity index (χ4v) is 3.45. The molecule has 0 saturated carbocycles. The largest absolute Gasteiger partial charge is 0.350 e. The topological polar surface area (TPSA) is 104 Å². The van der Waals surface area contributed by atoms with Crippen LogP contribution >= 0.6 is 0 Å². The minimum Gasteiger partial charge on any atom is -0.350 e. The zero-order valence-corrected chi connectivity index (χ0v) is 16.3. The summed E-state index contributed by atoms with van der Waals surface area (Å²) >= 11 is 0. The number of nitrogens with one attached hydrogen (secondary N) is 1. The quantitative estimate of drug-likeness (QED) is 0.551. The normalized spacial score (nSPS) is 11.3. The lowest BCUT2D eigenvalue weighted by atomic mass is 10.2. The van der Waals surface area contributed by atoms with Crippen molar-refractivity contribution in [3.8, 4) is 0 Å². The van der Waals surface area contributed by atoms with Gasteiger partial charge < -0.3 is 9.88 Å². The van der Waals surface area contributed by atoms with Crippen LogP contribution in [0.2, 0.25) is 0 Å². The third kappa shape index (κ3) is 3.10. The molecule has 1 N–H and O–H groups in total. The van der Waals surface area contributed by atoms with Crippen molar-refractivity contribution in [1.82, 2.24) is 29.0 Å². The molecule has 0 spiro atoms. The summed E-state index contributed by atoms with van der Waals surface area (Å²) in [4.78, 5) is 45.6. The highest BCUT2D eigenvalue weighted by atomic mass is 16.2. The number of rotatable bonds is 4. The number of carbonyl (C=O) groups is 1. The number of pyridine rings is 1. The number of nitrogens with zero attached hydrogens (tertiary/aromatic N) is 5. The van der Waals surface area contributed by atoms with Crippen LogP contribution < -0.4 is 16.6 Å². The number of aryl methyl sites for hydroxylation is 2. The van der Waals surface area contributed by atoms with Crippen molar-refractivity contribution in [2.45, 2.75) is 13.5 Å². The van der Waals surface area contributed by atoms with Gasteiger partial charge in [-0.3, -0.25) is 18.7 Å². The van der Waals surface area contributed by atoms with Gasteiger partial charge in [-0.05, 0) is 25.1 Å². The van der Waals surface area contributed by atoms with Crippen LogP contribution in [0, 0.1) is 6.92 Å². The molecular weight excluding hydrogens is 372 g/mol. The van der Waals surface area contributed by atoms with E-state index in [1.165, 1.54) is 30.9 Å². The van der Waals surface area contributed by atoms with Crippen molar-refractivity contribution < 1.29 is 4.79 Å². The summed E-state index contributed by atoms with van der Waals surface area (Å²) < 4.78 is 4.32. The summed E-state index contributed by atoms with van der Waals surface area (Å²) in [6.07, 6.45) is 1.37. The molecule has 4 aromatic rings. The molecule has 0 bridgehead atoms. The molecule has 0 unspecified atom stereocenters. The number of imidazole rings is 1. The van der Waals surface area contributed by atoms with E-state index in [2.05, 4.69) is 15.3 Å². The van der Waals surface area contributed by atoms with Gasteiger partial charge in [0, 0.05) is 33.4 Å². The maximum absolute atomic E-state index is 12.6. The van der Waals surface area contributed by atoms with Gasteiger partial charge in [-0.25, -0.2) is 14.8 Å². The number of amides is 1. The van der Waals surface area contributed by atoms with Crippen LogP contribution in [0.3, 0.4) is 0 Å². The number of para-hydroxylation sites is 2. The third-order valence-electron chi connectivity index (χ3n) is 5.02. The summed E-state index contributed by atoms with van der Waals surface area (Å²) in [7, 11) is 2.93. The van der Waals surface area contributed by atoms with Crippen molar-refractivity contribution in [3.05, 3.63) is 68.8 Å². The predicted octanol–water partition coefficient (Wildman–Crippen LogP) is 0.720. The third-order valence-corrected chi connectivity index (χ3v) is 5.02. The molecular formula is C20H20N6O3. The van der Waals surface area contributed by atoms with E-state index < -0.39 is 11.2 Å². The standard InChI is InChI=1S/C20H20N6O3/c1-12-23-15-6-4-5-7-16(15)26(12)9-8-21-18(27)13-10-14-17(22-11-13)24(2)20(29)25(3)19(14)28/h4-7,10-11H,8-9H2,1-3H3,(H,21,27). The molecule has 0 radical (unpaired) electrons. The van der Waals surface area contributed by atoms with Crippen LogP contribution in [-0.2, 0) is 20.6 Å². The van der Waals surface area contributed by atoms with Gasteiger partial charge in [-0.2, -0.15) is 0 Å². The molecule has 148 valence electrons. The second-order valence-corrected chi connectivity index (χ2v) is 6.86. The van der Waals surface area contributed by atoms with Crippen molar-refractivity contribution in [3.63, 3.8) is 0 Å². The Morgan fingerprint density at radius 2 is 1.90 bits per heavy atom. The highest BCUT2D eigenvalue weighted by Crippen LogP contribution is 2.15. The summed E-state index contributed by atoms with van der Waals surface area (Å²) in [5.74, 6) is 0.537. The van der Waals surface area contributed by atoms with Crippen LogP contribution in [-0.4, -0.2) is 36.1 Å². The van der Waals surface area contributed by atoms with E-state index in [-0.39, 0.29) is 22.5 Å². The molecule has 1 amide bonds. The summed E-state index contributed by atoms with van der Waals surface area (Å²) in [6.45, 7) is 2.88. The van der Waals surface area contributed by atoms with Crippen molar-refractivity contribution in [2.24, 2.45) is 14.1 Å². The van der Waals surface area contributed by atoms with E-state index in [0.717, 1.165) is 21.4 Å². The van der Waals surface area contributed by atoms with Crippen LogP contribution in [0.4, 0.5) is 0 Å².